The van der Waals surface area contributed by atoms with E-state index < -0.39 is 36.2 Å². The average molecular weight is 412 g/mol. The topological polar surface area (TPSA) is 225 Å². The Morgan fingerprint density at radius 1 is 1.03 bits per heavy atom. The van der Waals surface area contributed by atoms with Gasteiger partial charge < -0.3 is 35.9 Å². The number of aliphatic hydroxyl groups excluding tert-OH is 4. The van der Waals surface area contributed by atoms with Crippen LogP contribution < -0.4 is 11.2 Å². The number of nitrogens with one attached hydrogen (secondary N) is 1. The van der Waals surface area contributed by atoms with Crippen LogP contribution in [0.25, 0.3) is 22.6 Å². The summed E-state index contributed by atoms with van der Waals surface area (Å²) < 4.78 is 1.40. The quantitative estimate of drug-likeness (QED) is 0.265. The van der Waals surface area contributed by atoms with Gasteiger partial charge in [0.1, 0.15) is 18.3 Å². The number of hydrogen-bond donors (Lipinski definition) is 5. The predicted molar refractivity (Wildman–Crippen MR) is 103 cm³/mol. The molecular weight excluding hydrogens is 388 g/mol. The van der Waals surface area contributed by atoms with Crippen molar-refractivity contribution in [1.82, 2.24) is 19.5 Å². The van der Waals surface area contributed by atoms with E-state index in [2.05, 4.69) is 15.0 Å². The lowest BCUT2D eigenvalue weighted by atomic mass is 10.1. The normalized spacial score (nSPS) is 14.1. The summed E-state index contributed by atoms with van der Waals surface area (Å²) in [6.45, 7) is 2.73. The number of benzene rings is 1. The lowest BCUT2D eigenvalue weighted by Gasteiger charge is -2.25. The molecule has 1 aromatic rings. The lowest BCUT2D eigenvalue weighted by molar-refractivity contribution is -0.0802. The lowest BCUT2D eigenvalue weighted by Crippen LogP contribution is -2.42. The highest BCUT2D eigenvalue weighted by Crippen LogP contribution is 2.24. The van der Waals surface area contributed by atoms with Crippen LogP contribution in [0.1, 0.15) is 11.1 Å². The van der Waals surface area contributed by atoms with Crippen molar-refractivity contribution < 1.29 is 31.4 Å². The molecule has 0 unspecified atom stereocenters. The second kappa shape index (κ2) is 9.17. The summed E-state index contributed by atoms with van der Waals surface area (Å²) >= 11 is 0. The smallest absolute Gasteiger partial charge is 0.349 e. The van der Waals surface area contributed by atoms with Gasteiger partial charge in [-0.05, 0) is 37.1 Å². The van der Waals surface area contributed by atoms with Crippen LogP contribution in [0.3, 0.4) is 0 Å². The summed E-state index contributed by atoms with van der Waals surface area (Å²) in [6, 6.07) is 3.53. The minimum Gasteiger partial charge on any atom is -0.412 e. The summed E-state index contributed by atoms with van der Waals surface area (Å²) in [4.78, 5) is 34.0. The molecule has 0 radical (unpaired) electrons. The largest absolute Gasteiger partial charge is 0.412 e. The van der Waals surface area contributed by atoms with Crippen molar-refractivity contribution in [2.75, 3.05) is 6.61 Å². The number of rotatable bonds is 5. The number of aryl methyl sites for hydroxylation is 2. The van der Waals surface area contributed by atoms with E-state index in [0.717, 1.165) is 11.1 Å². The summed E-state index contributed by atoms with van der Waals surface area (Å²) in [7, 11) is 0. The van der Waals surface area contributed by atoms with E-state index in [-0.39, 0.29) is 29.0 Å². The summed E-state index contributed by atoms with van der Waals surface area (Å²) in [5.41, 5.74) is 1.11. The fourth-order valence-electron chi connectivity index (χ4n) is 2.89. The van der Waals surface area contributed by atoms with Gasteiger partial charge in [-0.25, -0.2) is 9.78 Å². The van der Waals surface area contributed by atoms with E-state index in [1.807, 2.05) is 13.8 Å². The van der Waals surface area contributed by atoms with Crippen LogP contribution in [0.15, 0.2) is 21.7 Å². The van der Waals surface area contributed by atoms with Crippen molar-refractivity contribution in [1.29, 1.82) is 0 Å². The fraction of sp³-hybridized carbons (Fsp3) is 0.412. The molecule has 2 aliphatic heterocycles. The van der Waals surface area contributed by atoms with Gasteiger partial charge in [0.15, 0.2) is 11.5 Å². The maximum Gasteiger partial charge on any atom is 0.349 e. The number of fused-ring (bicyclic) bond motifs is 2. The Bertz CT molecular complexity index is 1080. The van der Waals surface area contributed by atoms with Crippen LogP contribution in [0.5, 0.6) is 0 Å². The first-order valence-corrected chi connectivity index (χ1v) is 8.29. The second-order valence-corrected chi connectivity index (χ2v) is 6.50. The van der Waals surface area contributed by atoms with E-state index in [4.69, 9.17) is 5.11 Å². The summed E-state index contributed by atoms with van der Waals surface area (Å²) in [6.07, 6.45) is -4.68. The molecular formula is C17H24N4O8. The number of H-pyrrole nitrogens is 1. The average Bonchev–Trinajstić information content (AvgIpc) is 2.62. The Kier molecular flexibility index (Phi) is 7.68. The standard InChI is InChI=1S/C17H20N4O6.2H2O/c1-7-3-9-10(4-8(7)2)21(5-11(23)14(25)12(24)6-22)15-13(18-9)16(26)20-17(27)19-15;;/h3-4,11-12,14,22-25H,5-6H2,1-2H3,(H,20,26,27);2*1H2/t11-,12+,14-;;/m1../s1. The van der Waals surface area contributed by atoms with Gasteiger partial charge in [0.25, 0.3) is 5.56 Å². The Balaban J connectivity index is 0.00000210. The van der Waals surface area contributed by atoms with E-state index in [1.54, 1.807) is 12.1 Å². The van der Waals surface area contributed by atoms with E-state index in [0.29, 0.717) is 11.0 Å². The molecule has 12 heteroatoms. The monoisotopic (exact) mass is 412 g/mol. The minimum atomic E-state index is -1.64. The zero-order valence-electron chi connectivity index (χ0n) is 15.7. The maximum atomic E-state index is 12.2. The van der Waals surface area contributed by atoms with Gasteiger partial charge in [-0.3, -0.25) is 9.78 Å². The first-order chi connectivity index (χ1) is 12.7. The van der Waals surface area contributed by atoms with Gasteiger partial charge in [-0.15, -0.1) is 0 Å². The molecule has 0 aliphatic carbocycles. The SMILES string of the molecule is Cc1cc2nc3c(=O)[nH]c(=O)nc-3n(C[C@@H](O)[C@@H](O)[C@@H](O)CO)c2cc1C.O.O. The molecule has 0 saturated heterocycles. The first-order valence-electron chi connectivity index (χ1n) is 8.29. The molecule has 0 spiro atoms. The second-order valence-electron chi connectivity index (χ2n) is 6.50. The van der Waals surface area contributed by atoms with Gasteiger partial charge in [0.05, 0.1) is 24.2 Å². The van der Waals surface area contributed by atoms with Gasteiger partial charge in [0.2, 0.25) is 0 Å². The Morgan fingerprint density at radius 2 is 1.66 bits per heavy atom. The van der Waals surface area contributed by atoms with E-state index in [1.165, 1.54) is 4.57 Å². The summed E-state index contributed by atoms with van der Waals surface area (Å²) in [5.74, 6) is -0.0516. The Labute approximate surface area is 163 Å². The predicted octanol–water partition coefficient (Wildman–Crippen LogP) is -3.37. The number of aromatic amines is 1. The highest BCUT2D eigenvalue weighted by molar-refractivity contribution is 5.81. The van der Waals surface area contributed by atoms with Crippen molar-refractivity contribution in [3.8, 4) is 11.5 Å². The zero-order valence-corrected chi connectivity index (χ0v) is 15.7. The molecule has 2 aliphatic rings. The maximum absolute atomic E-state index is 12.2. The first kappa shape index (κ1) is 24.3. The third-order valence-corrected chi connectivity index (χ3v) is 4.57. The molecule has 29 heavy (non-hydrogen) atoms. The molecule has 0 saturated carbocycles. The number of aliphatic hydroxyl groups is 4. The van der Waals surface area contributed by atoms with Crippen LogP contribution in [0.2, 0.25) is 0 Å². The molecule has 1 aromatic carbocycles. The Morgan fingerprint density at radius 3 is 2.28 bits per heavy atom. The van der Waals surface area contributed by atoms with E-state index >= 15 is 0 Å². The number of aromatic nitrogens is 4. The molecule has 0 bridgehead atoms. The van der Waals surface area contributed by atoms with Crippen molar-refractivity contribution >= 4 is 11.0 Å². The highest BCUT2D eigenvalue weighted by atomic mass is 16.4. The molecule has 12 nitrogen and oxygen atoms in total. The van der Waals surface area contributed by atoms with Crippen molar-refractivity contribution in [2.45, 2.75) is 38.7 Å². The van der Waals surface area contributed by atoms with Gasteiger partial charge >= 0.3 is 5.69 Å². The molecule has 0 fully saturated rings. The zero-order chi connectivity index (χ0) is 19.9. The van der Waals surface area contributed by atoms with Gasteiger partial charge in [-0.1, -0.05) is 0 Å². The van der Waals surface area contributed by atoms with Crippen LogP contribution in [0.4, 0.5) is 0 Å². The number of nitrogens with zero attached hydrogens (tertiary/aromatic N) is 3. The fourth-order valence-corrected chi connectivity index (χ4v) is 2.89. The molecule has 9 N–H and O–H groups in total. The molecule has 3 rings (SSSR count). The third kappa shape index (κ3) is 4.48. The summed E-state index contributed by atoms with van der Waals surface area (Å²) in [5, 5.41) is 38.8. The van der Waals surface area contributed by atoms with Crippen molar-refractivity contribution in [3.05, 3.63) is 44.1 Å². The molecule has 3 atom stereocenters. The van der Waals surface area contributed by atoms with Crippen molar-refractivity contribution in [3.63, 3.8) is 0 Å². The Hall–Kier alpha value is -2.74. The van der Waals surface area contributed by atoms with Crippen LogP contribution in [0, 0.1) is 13.8 Å². The highest BCUT2D eigenvalue weighted by Gasteiger charge is 2.27. The van der Waals surface area contributed by atoms with Crippen LogP contribution in [-0.4, -0.2) is 75.8 Å². The van der Waals surface area contributed by atoms with Crippen LogP contribution in [-0.2, 0) is 6.54 Å². The molecule has 0 aromatic heterocycles. The van der Waals surface area contributed by atoms with Crippen molar-refractivity contribution in [2.24, 2.45) is 0 Å². The van der Waals surface area contributed by atoms with Gasteiger partial charge in [-0.2, -0.15) is 4.98 Å². The molecule has 160 valence electrons. The minimum absolute atomic E-state index is 0. The van der Waals surface area contributed by atoms with Gasteiger partial charge in [0, 0.05) is 0 Å². The molecule has 2 heterocycles. The third-order valence-electron chi connectivity index (χ3n) is 4.57. The number of hydrogen-bond acceptors (Lipinski definition) is 8. The van der Waals surface area contributed by atoms with E-state index in [9.17, 15) is 24.9 Å². The van der Waals surface area contributed by atoms with Crippen LogP contribution >= 0.6 is 0 Å². The molecule has 0 amide bonds.